The van der Waals surface area contributed by atoms with Gasteiger partial charge in [0.2, 0.25) is 0 Å². The molecule has 0 spiro atoms. The van der Waals surface area contributed by atoms with Gasteiger partial charge in [-0.05, 0) is 44.4 Å². The largest absolute Gasteiger partial charge is 0.386 e. The van der Waals surface area contributed by atoms with Crippen LogP contribution < -0.4 is 0 Å². The van der Waals surface area contributed by atoms with Crippen LogP contribution in [-0.4, -0.2) is 10.1 Å². The highest BCUT2D eigenvalue weighted by Crippen LogP contribution is 2.29. The molecule has 1 aromatic heterocycles. The molecule has 1 N–H and O–H groups in total. The number of aryl methyl sites for hydroxylation is 1. The lowest BCUT2D eigenvalue weighted by Crippen LogP contribution is -1.93. The third-order valence-electron chi connectivity index (χ3n) is 3.21. The molecule has 1 atom stereocenters. The average Bonchev–Trinajstić information content (AvgIpc) is 2.75. The van der Waals surface area contributed by atoms with Crippen molar-refractivity contribution in [1.29, 1.82) is 0 Å². The van der Waals surface area contributed by atoms with Crippen molar-refractivity contribution in [2.24, 2.45) is 0 Å². The van der Waals surface area contributed by atoms with Crippen molar-refractivity contribution in [3.63, 3.8) is 0 Å². The lowest BCUT2D eigenvalue weighted by molar-refractivity contribution is 0.199. The van der Waals surface area contributed by atoms with Crippen LogP contribution in [0.25, 0.3) is 11.3 Å². The van der Waals surface area contributed by atoms with Gasteiger partial charge < -0.3 is 5.11 Å². The number of nitrogens with zero attached hydrogens (tertiary/aromatic N) is 1. The topological polar surface area (TPSA) is 33.1 Å². The van der Waals surface area contributed by atoms with Gasteiger partial charge in [-0.3, -0.25) is 0 Å². The molecule has 0 saturated heterocycles. The van der Waals surface area contributed by atoms with E-state index in [0.29, 0.717) is 0 Å². The van der Waals surface area contributed by atoms with E-state index in [4.69, 9.17) is 0 Å². The molecule has 0 radical (unpaired) electrons. The zero-order chi connectivity index (χ0) is 12.6. The summed E-state index contributed by atoms with van der Waals surface area (Å²) in [6.07, 6.45) is -0.486. The van der Waals surface area contributed by atoms with Gasteiger partial charge >= 0.3 is 0 Å². The first kappa shape index (κ1) is 12.3. The maximum absolute atomic E-state index is 9.50. The van der Waals surface area contributed by atoms with E-state index in [-0.39, 0.29) is 0 Å². The molecule has 17 heavy (non-hydrogen) atoms. The smallest absolute Gasteiger partial charge is 0.122 e. The summed E-state index contributed by atoms with van der Waals surface area (Å²) in [5, 5.41) is 12.3. The predicted octanol–water partition coefficient (Wildman–Crippen LogP) is 3.79. The van der Waals surface area contributed by atoms with Gasteiger partial charge in [0.15, 0.2) is 0 Å². The van der Waals surface area contributed by atoms with Crippen molar-refractivity contribution in [3.8, 4) is 11.3 Å². The maximum Gasteiger partial charge on any atom is 0.122 e. The summed E-state index contributed by atoms with van der Waals surface area (Å²) in [5.41, 5.74) is 6.02. The number of rotatable bonds is 2. The molecule has 0 bridgehead atoms. The van der Waals surface area contributed by atoms with Gasteiger partial charge in [0, 0.05) is 10.9 Å². The van der Waals surface area contributed by atoms with E-state index in [1.165, 1.54) is 28.0 Å². The van der Waals surface area contributed by atoms with Crippen LogP contribution in [0.3, 0.4) is 0 Å². The van der Waals surface area contributed by atoms with Crippen LogP contribution in [-0.2, 0) is 0 Å². The highest BCUT2D eigenvalue weighted by atomic mass is 32.1. The van der Waals surface area contributed by atoms with Crippen LogP contribution in [0.1, 0.15) is 34.7 Å². The fourth-order valence-electron chi connectivity index (χ4n) is 1.84. The van der Waals surface area contributed by atoms with Gasteiger partial charge in [0.25, 0.3) is 0 Å². The van der Waals surface area contributed by atoms with Gasteiger partial charge in [-0.25, -0.2) is 4.98 Å². The minimum atomic E-state index is -0.486. The van der Waals surface area contributed by atoms with Crippen molar-refractivity contribution in [3.05, 3.63) is 39.2 Å². The molecule has 0 aliphatic heterocycles. The Bertz CT molecular complexity index is 543. The molecule has 90 valence electrons. The third-order valence-corrected chi connectivity index (χ3v) is 4.23. The Balaban J connectivity index is 2.49. The van der Waals surface area contributed by atoms with Gasteiger partial charge in [-0.1, -0.05) is 12.1 Å². The molecule has 0 fully saturated rings. The van der Waals surface area contributed by atoms with Gasteiger partial charge in [-0.15, -0.1) is 11.3 Å². The Hall–Kier alpha value is -1.19. The van der Waals surface area contributed by atoms with Crippen molar-refractivity contribution < 1.29 is 5.11 Å². The molecule has 2 nitrogen and oxygen atoms in total. The maximum atomic E-state index is 9.50. The molecular formula is C14H17NOS. The second-order valence-electron chi connectivity index (χ2n) is 4.43. The number of hydrogen-bond donors (Lipinski definition) is 1. The van der Waals surface area contributed by atoms with E-state index in [9.17, 15) is 5.11 Å². The van der Waals surface area contributed by atoms with E-state index in [0.717, 1.165) is 16.3 Å². The second-order valence-corrected chi connectivity index (χ2v) is 5.32. The molecule has 3 heteroatoms. The summed E-state index contributed by atoms with van der Waals surface area (Å²) in [6, 6.07) is 4.23. The first-order valence-electron chi connectivity index (χ1n) is 5.71. The van der Waals surface area contributed by atoms with Crippen molar-refractivity contribution in [2.45, 2.75) is 33.8 Å². The van der Waals surface area contributed by atoms with Crippen molar-refractivity contribution in [2.75, 3.05) is 0 Å². The van der Waals surface area contributed by atoms with E-state index in [2.05, 4.69) is 37.9 Å². The normalized spacial score (nSPS) is 12.8. The highest BCUT2D eigenvalue weighted by Gasteiger charge is 2.11. The Morgan fingerprint density at radius 3 is 2.47 bits per heavy atom. The zero-order valence-electron chi connectivity index (χ0n) is 10.6. The number of aliphatic hydroxyl groups is 1. The minimum Gasteiger partial charge on any atom is -0.386 e. The van der Waals surface area contributed by atoms with Crippen LogP contribution in [0.4, 0.5) is 0 Å². The molecule has 1 unspecified atom stereocenters. The van der Waals surface area contributed by atoms with Crippen LogP contribution in [0.2, 0.25) is 0 Å². The summed E-state index contributed by atoms with van der Waals surface area (Å²) in [5.74, 6) is 0. The van der Waals surface area contributed by atoms with E-state index in [1.54, 1.807) is 6.92 Å². The number of thiazole rings is 1. The van der Waals surface area contributed by atoms with Crippen LogP contribution in [0, 0.1) is 20.8 Å². The molecule has 2 rings (SSSR count). The Morgan fingerprint density at radius 2 is 1.88 bits per heavy atom. The highest BCUT2D eigenvalue weighted by molar-refractivity contribution is 7.10. The molecule has 0 aliphatic rings. The summed E-state index contributed by atoms with van der Waals surface area (Å²) in [6.45, 7) is 8.12. The fourth-order valence-corrected chi connectivity index (χ4v) is 2.60. The summed E-state index contributed by atoms with van der Waals surface area (Å²) in [7, 11) is 0. The molecule has 1 heterocycles. The third kappa shape index (κ3) is 2.26. The number of hydrogen-bond acceptors (Lipinski definition) is 3. The Morgan fingerprint density at radius 1 is 1.18 bits per heavy atom. The number of benzene rings is 1. The SMILES string of the molecule is Cc1ccc(-c2csc(C(C)O)n2)c(C)c1C. The predicted molar refractivity (Wildman–Crippen MR) is 72.4 cm³/mol. The average molecular weight is 247 g/mol. The molecule has 2 aromatic rings. The summed E-state index contributed by atoms with van der Waals surface area (Å²) >= 11 is 1.51. The summed E-state index contributed by atoms with van der Waals surface area (Å²) < 4.78 is 0. The molecule has 0 amide bonds. The molecule has 1 aromatic carbocycles. The van der Waals surface area contributed by atoms with Crippen molar-refractivity contribution >= 4 is 11.3 Å². The van der Waals surface area contributed by atoms with Gasteiger partial charge in [-0.2, -0.15) is 0 Å². The second kappa shape index (κ2) is 4.59. The number of aromatic nitrogens is 1. The van der Waals surface area contributed by atoms with Crippen LogP contribution in [0.15, 0.2) is 17.5 Å². The number of aliphatic hydroxyl groups excluding tert-OH is 1. The standard InChI is InChI=1S/C14H17NOS/c1-8-5-6-12(10(3)9(8)2)13-7-17-14(15-13)11(4)16/h5-7,11,16H,1-4H3. The van der Waals surface area contributed by atoms with Gasteiger partial charge in [0.1, 0.15) is 11.1 Å². The quantitative estimate of drug-likeness (QED) is 0.876. The summed E-state index contributed by atoms with van der Waals surface area (Å²) in [4.78, 5) is 4.48. The zero-order valence-corrected chi connectivity index (χ0v) is 11.4. The Labute approximate surface area is 106 Å². The van der Waals surface area contributed by atoms with Crippen molar-refractivity contribution in [1.82, 2.24) is 4.98 Å². The van der Waals surface area contributed by atoms with E-state index < -0.39 is 6.10 Å². The fraction of sp³-hybridized carbons (Fsp3) is 0.357. The first-order valence-corrected chi connectivity index (χ1v) is 6.59. The lowest BCUT2D eigenvalue weighted by atomic mass is 9.97. The molecular weight excluding hydrogens is 230 g/mol. The van der Waals surface area contributed by atoms with Crippen LogP contribution >= 0.6 is 11.3 Å². The van der Waals surface area contributed by atoms with Gasteiger partial charge in [0.05, 0.1) is 5.69 Å². The van der Waals surface area contributed by atoms with E-state index in [1.807, 2.05) is 5.38 Å². The molecule has 0 saturated carbocycles. The molecule has 0 aliphatic carbocycles. The van der Waals surface area contributed by atoms with E-state index >= 15 is 0 Å². The lowest BCUT2D eigenvalue weighted by Gasteiger charge is -2.09. The monoisotopic (exact) mass is 247 g/mol. The first-order chi connectivity index (χ1) is 8.00. The Kier molecular flexibility index (Phi) is 3.31. The minimum absolute atomic E-state index is 0.486. The van der Waals surface area contributed by atoms with Crippen LogP contribution in [0.5, 0.6) is 0 Å².